The van der Waals surface area contributed by atoms with Gasteiger partial charge < -0.3 is 35.0 Å². The Morgan fingerprint density at radius 3 is 1.44 bits per heavy atom. The molecule has 7 heteroatoms. The monoisotopic (exact) mass is 342 g/mol. The third-order valence-corrected chi connectivity index (χ3v) is 3.15. The van der Waals surface area contributed by atoms with Crippen molar-refractivity contribution in [1.29, 1.82) is 0 Å². The molecular formula is C18H14O7. The number of phenolic OH excluding ortho intramolecular Hbond substituents is 5. The maximum atomic E-state index is 10.0. The standard InChI is InChI=1S/C18H14O7/c19-10-3-11(20)6-15(5-10)24-14-1-2-18(17(23)9-14)25-16-7-12(21)4-13(22)8-16/h1-9,19-23H. The quantitative estimate of drug-likeness (QED) is 0.489. The first-order chi connectivity index (χ1) is 11.9. The summed E-state index contributed by atoms with van der Waals surface area (Å²) in [6.45, 7) is 0. The molecule has 7 nitrogen and oxygen atoms in total. The largest absolute Gasteiger partial charge is 0.508 e. The average molecular weight is 342 g/mol. The van der Waals surface area contributed by atoms with Crippen LogP contribution in [-0.2, 0) is 0 Å². The Morgan fingerprint density at radius 1 is 0.480 bits per heavy atom. The van der Waals surface area contributed by atoms with Gasteiger partial charge in [0, 0.05) is 42.5 Å². The van der Waals surface area contributed by atoms with Gasteiger partial charge in [-0.05, 0) is 12.1 Å². The number of hydrogen-bond acceptors (Lipinski definition) is 7. The smallest absolute Gasteiger partial charge is 0.169 e. The van der Waals surface area contributed by atoms with Crippen molar-refractivity contribution in [3.8, 4) is 51.7 Å². The van der Waals surface area contributed by atoms with Crippen molar-refractivity contribution in [2.24, 2.45) is 0 Å². The van der Waals surface area contributed by atoms with Gasteiger partial charge >= 0.3 is 0 Å². The van der Waals surface area contributed by atoms with Crippen LogP contribution < -0.4 is 9.47 Å². The lowest BCUT2D eigenvalue weighted by Gasteiger charge is -2.11. The summed E-state index contributed by atoms with van der Waals surface area (Å²) in [5.74, 6) is -0.292. The van der Waals surface area contributed by atoms with Crippen molar-refractivity contribution in [3.05, 3.63) is 54.6 Å². The molecule has 0 saturated heterocycles. The van der Waals surface area contributed by atoms with Crippen molar-refractivity contribution in [2.45, 2.75) is 0 Å². The summed E-state index contributed by atoms with van der Waals surface area (Å²) >= 11 is 0. The highest BCUT2D eigenvalue weighted by Crippen LogP contribution is 2.38. The summed E-state index contributed by atoms with van der Waals surface area (Å²) in [6, 6.07) is 11.7. The van der Waals surface area contributed by atoms with Crippen molar-refractivity contribution < 1.29 is 35.0 Å². The molecule has 25 heavy (non-hydrogen) atoms. The topological polar surface area (TPSA) is 120 Å². The molecule has 0 amide bonds. The van der Waals surface area contributed by atoms with Gasteiger partial charge in [0.15, 0.2) is 11.5 Å². The van der Waals surface area contributed by atoms with Crippen LogP contribution in [0, 0.1) is 0 Å². The van der Waals surface area contributed by atoms with E-state index in [0.717, 1.165) is 12.1 Å². The molecule has 0 atom stereocenters. The minimum absolute atomic E-state index is 0.0797. The Bertz CT molecular complexity index is 881. The molecule has 3 rings (SSSR count). The Balaban J connectivity index is 1.80. The van der Waals surface area contributed by atoms with Crippen molar-refractivity contribution in [2.75, 3.05) is 0 Å². The summed E-state index contributed by atoms with van der Waals surface area (Å²) in [5, 5.41) is 47.8. The van der Waals surface area contributed by atoms with Gasteiger partial charge in [-0.15, -0.1) is 0 Å². The molecule has 0 aliphatic heterocycles. The van der Waals surface area contributed by atoms with E-state index in [2.05, 4.69) is 0 Å². The predicted octanol–water partition coefficient (Wildman–Crippen LogP) is 3.80. The van der Waals surface area contributed by atoms with Crippen molar-refractivity contribution >= 4 is 0 Å². The molecular weight excluding hydrogens is 328 g/mol. The van der Waals surface area contributed by atoms with Crippen LogP contribution in [-0.4, -0.2) is 25.5 Å². The molecule has 128 valence electrons. The zero-order chi connectivity index (χ0) is 18.0. The van der Waals surface area contributed by atoms with Crippen molar-refractivity contribution in [1.82, 2.24) is 0 Å². The summed E-state index contributed by atoms with van der Waals surface area (Å²) in [4.78, 5) is 0. The van der Waals surface area contributed by atoms with E-state index in [9.17, 15) is 25.5 Å². The highest BCUT2D eigenvalue weighted by Gasteiger charge is 2.09. The van der Waals surface area contributed by atoms with Crippen LogP contribution in [0.3, 0.4) is 0 Å². The lowest BCUT2D eigenvalue weighted by molar-refractivity contribution is 0.396. The second kappa shape index (κ2) is 6.40. The molecule has 0 aromatic heterocycles. The van der Waals surface area contributed by atoms with E-state index in [1.807, 2.05) is 0 Å². The first-order valence-electron chi connectivity index (χ1n) is 7.14. The number of benzene rings is 3. The van der Waals surface area contributed by atoms with Gasteiger partial charge in [-0.3, -0.25) is 0 Å². The van der Waals surface area contributed by atoms with Crippen molar-refractivity contribution in [3.63, 3.8) is 0 Å². The Labute approximate surface area is 142 Å². The molecule has 0 aliphatic carbocycles. The zero-order valence-electron chi connectivity index (χ0n) is 12.7. The minimum atomic E-state index is -0.246. The molecule has 0 fully saturated rings. The van der Waals surface area contributed by atoms with E-state index in [4.69, 9.17) is 9.47 Å². The summed E-state index contributed by atoms with van der Waals surface area (Å²) in [5.41, 5.74) is 0. The molecule has 0 spiro atoms. The second-order valence-corrected chi connectivity index (χ2v) is 5.20. The van der Waals surface area contributed by atoms with E-state index < -0.39 is 0 Å². The van der Waals surface area contributed by atoms with Gasteiger partial charge in [0.05, 0.1) is 0 Å². The van der Waals surface area contributed by atoms with E-state index in [1.54, 1.807) is 0 Å². The maximum absolute atomic E-state index is 10.0. The van der Waals surface area contributed by atoms with Crippen LogP contribution in [0.1, 0.15) is 0 Å². The third-order valence-electron chi connectivity index (χ3n) is 3.15. The van der Waals surface area contributed by atoms with Gasteiger partial charge in [0.2, 0.25) is 0 Å². The van der Waals surface area contributed by atoms with Crippen LogP contribution >= 0.6 is 0 Å². The normalized spacial score (nSPS) is 10.4. The molecule has 5 N–H and O–H groups in total. The van der Waals surface area contributed by atoms with E-state index in [-0.39, 0.29) is 51.7 Å². The molecule has 0 heterocycles. The van der Waals surface area contributed by atoms with E-state index >= 15 is 0 Å². The molecule has 0 unspecified atom stereocenters. The van der Waals surface area contributed by atoms with Crippen LogP contribution in [0.25, 0.3) is 0 Å². The fourth-order valence-corrected chi connectivity index (χ4v) is 2.16. The summed E-state index contributed by atoms with van der Waals surface area (Å²) in [6.07, 6.45) is 0. The first-order valence-corrected chi connectivity index (χ1v) is 7.14. The fourth-order valence-electron chi connectivity index (χ4n) is 2.16. The van der Waals surface area contributed by atoms with Crippen LogP contribution in [0.4, 0.5) is 0 Å². The number of rotatable bonds is 4. The molecule has 3 aromatic rings. The Kier molecular flexibility index (Phi) is 4.13. The minimum Gasteiger partial charge on any atom is -0.508 e. The van der Waals surface area contributed by atoms with E-state index in [1.165, 1.54) is 42.5 Å². The number of phenols is 5. The van der Waals surface area contributed by atoms with Crippen LogP contribution in [0.5, 0.6) is 51.7 Å². The highest BCUT2D eigenvalue weighted by atomic mass is 16.5. The van der Waals surface area contributed by atoms with Gasteiger partial charge in [0.1, 0.15) is 40.2 Å². The molecule has 0 saturated carbocycles. The Morgan fingerprint density at radius 2 is 0.960 bits per heavy atom. The fraction of sp³-hybridized carbons (Fsp3) is 0. The number of hydrogen-bond donors (Lipinski definition) is 5. The third kappa shape index (κ3) is 3.97. The lowest BCUT2D eigenvalue weighted by Crippen LogP contribution is -1.88. The van der Waals surface area contributed by atoms with Crippen LogP contribution in [0.15, 0.2) is 54.6 Å². The predicted molar refractivity (Wildman–Crippen MR) is 87.8 cm³/mol. The maximum Gasteiger partial charge on any atom is 0.169 e. The van der Waals surface area contributed by atoms with Gasteiger partial charge in [-0.25, -0.2) is 0 Å². The summed E-state index contributed by atoms with van der Waals surface area (Å²) in [7, 11) is 0. The zero-order valence-corrected chi connectivity index (χ0v) is 12.7. The summed E-state index contributed by atoms with van der Waals surface area (Å²) < 4.78 is 10.9. The second-order valence-electron chi connectivity index (χ2n) is 5.20. The highest BCUT2D eigenvalue weighted by molar-refractivity contribution is 5.50. The van der Waals surface area contributed by atoms with Gasteiger partial charge in [-0.1, -0.05) is 0 Å². The number of ether oxygens (including phenoxy) is 2. The lowest BCUT2D eigenvalue weighted by atomic mass is 10.2. The molecule has 0 aliphatic rings. The Hall–Kier alpha value is -3.74. The average Bonchev–Trinajstić information content (AvgIpc) is 2.48. The van der Waals surface area contributed by atoms with Gasteiger partial charge in [-0.2, -0.15) is 0 Å². The SMILES string of the molecule is Oc1cc(O)cc(Oc2ccc(Oc3cc(O)cc(O)c3)c(O)c2)c1. The molecule has 3 aromatic carbocycles. The number of aromatic hydroxyl groups is 5. The van der Waals surface area contributed by atoms with Crippen LogP contribution in [0.2, 0.25) is 0 Å². The molecule has 0 radical (unpaired) electrons. The van der Waals surface area contributed by atoms with Gasteiger partial charge in [0.25, 0.3) is 0 Å². The van der Waals surface area contributed by atoms with E-state index in [0.29, 0.717) is 0 Å². The molecule has 0 bridgehead atoms. The first kappa shape index (κ1) is 16.1.